The van der Waals surface area contributed by atoms with Gasteiger partial charge in [0.1, 0.15) is 11.3 Å². The lowest BCUT2D eigenvalue weighted by atomic mass is 9.92. The highest BCUT2D eigenvalue weighted by Gasteiger charge is 2.42. The minimum Gasteiger partial charge on any atom is -0.496 e. The van der Waals surface area contributed by atoms with Crippen molar-refractivity contribution in [1.29, 1.82) is 0 Å². The number of nitrogens with two attached hydrogens (primary N) is 1. The summed E-state index contributed by atoms with van der Waals surface area (Å²) in [4.78, 5) is 4.65. The SMILES string of the molecule is COc1cccc2c1CCC2(N)c1nc(CC2CCNCC2)no1. The molecule has 1 aromatic heterocycles. The zero-order valence-corrected chi connectivity index (χ0v) is 14.0. The Kier molecular flexibility index (Phi) is 4.02. The number of methoxy groups -OCH3 is 1. The summed E-state index contributed by atoms with van der Waals surface area (Å²) in [6.45, 7) is 2.15. The standard InChI is InChI=1S/C18H24N4O2/c1-23-15-4-2-3-14-13(15)5-8-18(14,19)17-21-16(22-24-17)11-12-6-9-20-10-7-12/h2-4,12,20H,5-11,19H2,1H3. The Morgan fingerprint density at radius 3 is 3.00 bits per heavy atom. The Morgan fingerprint density at radius 2 is 2.21 bits per heavy atom. The van der Waals surface area contributed by atoms with Crippen LogP contribution in [0.5, 0.6) is 5.75 Å². The van der Waals surface area contributed by atoms with E-state index in [-0.39, 0.29) is 0 Å². The average molecular weight is 328 g/mol. The van der Waals surface area contributed by atoms with Crippen LogP contribution in [0.25, 0.3) is 0 Å². The highest BCUT2D eigenvalue weighted by Crippen LogP contribution is 2.42. The van der Waals surface area contributed by atoms with Crippen molar-refractivity contribution < 1.29 is 9.26 Å². The second-order valence-electron chi connectivity index (χ2n) is 6.87. The third kappa shape index (κ3) is 2.59. The summed E-state index contributed by atoms with van der Waals surface area (Å²) in [5.74, 6) is 2.81. The smallest absolute Gasteiger partial charge is 0.251 e. The van der Waals surface area contributed by atoms with Crippen molar-refractivity contribution in [2.24, 2.45) is 11.7 Å². The lowest BCUT2D eigenvalue weighted by Gasteiger charge is -2.21. The second kappa shape index (κ2) is 6.18. The molecule has 6 nitrogen and oxygen atoms in total. The lowest BCUT2D eigenvalue weighted by molar-refractivity contribution is 0.306. The summed E-state index contributed by atoms with van der Waals surface area (Å²) in [7, 11) is 1.69. The van der Waals surface area contributed by atoms with Gasteiger partial charge in [-0.05, 0) is 61.9 Å². The maximum atomic E-state index is 6.70. The Bertz CT molecular complexity index is 724. The van der Waals surface area contributed by atoms with E-state index in [4.69, 9.17) is 15.0 Å². The molecule has 1 saturated heterocycles. The van der Waals surface area contributed by atoms with Gasteiger partial charge in [-0.15, -0.1) is 0 Å². The summed E-state index contributed by atoms with van der Waals surface area (Å²) in [6.07, 6.45) is 4.82. The van der Waals surface area contributed by atoms with Gasteiger partial charge in [-0.25, -0.2) is 0 Å². The van der Waals surface area contributed by atoms with Gasteiger partial charge in [0.15, 0.2) is 5.82 Å². The third-order valence-electron chi connectivity index (χ3n) is 5.38. The largest absolute Gasteiger partial charge is 0.496 e. The Balaban J connectivity index is 1.59. The van der Waals surface area contributed by atoms with Crippen molar-refractivity contribution in [3.63, 3.8) is 0 Å². The molecule has 3 N–H and O–H groups in total. The predicted molar refractivity (Wildman–Crippen MR) is 89.9 cm³/mol. The summed E-state index contributed by atoms with van der Waals surface area (Å²) in [6, 6.07) is 5.99. The van der Waals surface area contributed by atoms with Crippen molar-refractivity contribution >= 4 is 0 Å². The van der Waals surface area contributed by atoms with E-state index in [1.807, 2.05) is 18.2 Å². The average Bonchev–Trinajstić information content (AvgIpc) is 3.22. The van der Waals surface area contributed by atoms with Crippen LogP contribution >= 0.6 is 0 Å². The first kappa shape index (κ1) is 15.6. The van der Waals surface area contributed by atoms with Gasteiger partial charge in [0.2, 0.25) is 0 Å². The lowest BCUT2D eigenvalue weighted by Crippen LogP contribution is -2.36. The van der Waals surface area contributed by atoms with Gasteiger partial charge in [-0.3, -0.25) is 0 Å². The highest BCUT2D eigenvalue weighted by molar-refractivity contribution is 5.50. The topological polar surface area (TPSA) is 86.2 Å². The fourth-order valence-electron chi connectivity index (χ4n) is 3.97. The summed E-state index contributed by atoms with van der Waals surface area (Å²) in [5, 5.41) is 7.58. The normalized spacial score (nSPS) is 24.1. The van der Waals surface area contributed by atoms with E-state index >= 15 is 0 Å². The Hall–Kier alpha value is -1.92. The first-order valence-electron chi connectivity index (χ1n) is 8.70. The number of hydrogen-bond acceptors (Lipinski definition) is 6. The molecule has 0 bridgehead atoms. The highest BCUT2D eigenvalue weighted by atomic mass is 16.5. The fourth-order valence-corrected chi connectivity index (χ4v) is 3.97. The number of rotatable bonds is 4. The summed E-state index contributed by atoms with van der Waals surface area (Å²) in [5.41, 5.74) is 8.19. The number of benzene rings is 1. The van der Waals surface area contributed by atoms with Crippen molar-refractivity contribution in [1.82, 2.24) is 15.5 Å². The summed E-state index contributed by atoms with van der Waals surface area (Å²) >= 11 is 0. The molecule has 0 radical (unpaired) electrons. The molecule has 128 valence electrons. The van der Waals surface area contributed by atoms with Crippen molar-refractivity contribution in [3.8, 4) is 5.75 Å². The number of hydrogen-bond donors (Lipinski definition) is 2. The van der Waals surface area contributed by atoms with Gasteiger partial charge in [-0.1, -0.05) is 17.3 Å². The maximum absolute atomic E-state index is 6.70. The molecule has 1 fully saturated rings. The second-order valence-corrected chi connectivity index (χ2v) is 6.87. The summed E-state index contributed by atoms with van der Waals surface area (Å²) < 4.78 is 11.0. The minimum absolute atomic E-state index is 0.526. The van der Waals surface area contributed by atoms with Crippen LogP contribution in [0.2, 0.25) is 0 Å². The van der Waals surface area contributed by atoms with Gasteiger partial charge in [0, 0.05) is 6.42 Å². The van der Waals surface area contributed by atoms with Crippen LogP contribution in [-0.4, -0.2) is 30.3 Å². The molecule has 1 aliphatic carbocycles. The van der Waals surface area contributed by atoms with Crippen LogP contribution in [0.15, 0.2) is 22.7 Å². The fraction of sp³-hybridized carbons (Fsp3) is 0.556. The quantitative estimate of drug-likeness (QED) is 0.889. The van der Waals surface area contributed by atoms with Crippen LogP contribution in [0.4, 0.5) is 0 Å². The molecule has 2 aromatic rings. The Labute approximate surface area is 141 Å². The number of aromatic nitrogens is 2. The first-order chi connectivity index (χ1) is 11.7. The molecule has 4 rings (SSSR count). The molecule has 1 aromatic carbocycles. The van der Waals surface area contributed by atoms with E-state index in [2.05, 4.69) is 15.5 Å². The minimum atomic E-state index is -0.705. The Morgan fingerprint density at radius 1 is 1.38 bits per heavy atom. The van der Waals surface area contributed by atoms with E-state index in [1.54, 1.807) is 7.11 Å². The van der Waals surface area contributed by atoms with Crippen molar-refractivity contribution in [2.75, 3.05) is 20.2 Å². The van der Waals surface area contributed by atoms with E-state index < -0.39 is 5.54 Å². The number of nitrogens with one attached hydrogen (secondary N) is 1. The molecule has 0 amide bonds. The van der Waals surface area contributed by atoms with Crippen molar-refractivity contribution in [3.05, 3.63) is 41.0 Å². The number of ether oxygens (including phenoxy) is 1. The molecule has 0 saturated carbocycles. The number of piperidine rings is 1. The van der Waals surface area contributed by atoms with Gasteiger partial charge >= 0.3 is 0 Å². The molecular weight excluding hydrogens is 304 g/mol. The van der Waals surface area contributed by atoms with Crippen LogP contribution in [0.1, 0.15) is 42.1 Å². The van der Waals surface area contributed by atoms with Crippen molar-refractivity contribution in [2.45, 2.75) is 37.6 Å². The molecule has 0 spiro atoms. The molecule has 2 heterocycles. The van der Waals surface area contributed by atoms with Crippen LogP contribution in [0.3, 0.4) is 0 Å². The number of fused-ring (bicyclic) bond motifs is 1. The maximum Gasteiger partial charge on any atom is 0.251 e. The zero-order chi connectivity index (χ0) is 16.6. The number of nitrogens with zero attached hydrogens (tertiary/aromatic N) is 2. The first-order valence-corrected chi connectivity index (χ1v) is 8.70. The molecule has 1 aliphatic heterocycles. The van der Waals surface area contributed by atoms with Gasteiger partial charge in [-0.2, -0.15) is 4.98 Å². The molecular formula is C18H24N4O2. The van der Waals surface area contributed by atoms with E-state index in [0.29, 0.717) is 11.8 Å². The van der Waals surface area contributed by atoms with Gasteiger partial charge < -0.3 is 20.3 Å². The van der Waals surface area contributed by atoms with E-state index in [0.717, 1.165) is 67.9 Å². The van der Waals surface area contributed by atoms with Crippen LogP contribution in [-0.2, 0) is 18.4 Å². The predicted octanol–water partition coefficient (Wildman–Crippen LogP) is 1.77. The van der Waals surface area contributed by atoms with Gasteiger partial charge in [0.25, 0.3) is 5.89 Å². The third-order valence-corrected chi connectivity index (χ3v) is 5.38. The molecule has 1 unspecified atom stereocenters. The van der Waals surface area contributed by atoms with E-state index in [1.165, 1.54) is 0 Å². The van der Waals surface area contributed by atoms with E-state index in [9.17, 15) is 0 Å². The molecule has 2 aliphatic rings. The monoisotopic (exact) mass is 328 g/mol. The van der Waals surface area contributed by atoms with Crippen LogP contribution in [0, 0.1) is 5.92 Å². The molecule has 1 atom stereocenters. The molecule has 6 heteroatoms. The molecule has 24 heavy (non-hydrogen) atoms. The van der Waals surface area contributed by atoms with Gasteiger partial charge in [0.05, 0.1) is 7.11 Å². The van der Waals surface area contributed by atoms with Crippen LogP contribution < -0.4 is 15.8 Å². The zero-order valence-electron chi connectivity index (χ0n) is 14.0.